The molecule has 0 saturated heterocycles. The second kappa shape index (κ2) is 6.30. The van der Waals surface area contributed by atoms with Crippen LogP contribution < -0.4 is 10.2 Å². The molecule has 1 aromatic rings. The van der Waals surface area contributed by atoms with E-state index in [9.17, 15) is 8.78 Å². The predicted molar refractivity (Wildman–Crippen MR) is 73.3 cm³/mol. The van der Waals surface area contributed by atoms with Gasteiger partial charge in [0.1, 0.15) is 17.3 Å². The maximum Gasteiger partial charge on any atom is 0.149 e. The summed E-state index contributed by atoms with van der Waals surface area (Å²) in [6.07, 6.45) is 0. The molecule has 0 aromatic heterocycles. The lowest BCUT2D eigenvalue weighted by Crippen LogP contribution is -2.35. The van der Waals surface area contributed by atoms with Crippen molar-refractivity contribution >= 4 is 5.69 Å². The van der Waals surface area contributed by atoms with Crippen LogP contribution in [0.15, 0.2) is 12.1 Å². The van der Waals surface area contributed by atoms with Crippen molar-refractivity contribution in [3.63, 3.8) is 0 Å². The zero-order chi connectivity index (χ0) is 14.6. The zero-order valence-corrected chi connectivity index (χ0v) is 11.9. The minimum absolute atomic E-state index is 0.103. The number of aliphatic hydroxyl groups excluding tert-OH is 1. The lowest BCUT2D eigenvalue weighted by molar-refractivity contribution is 0.303. The van der Waals surface area contributed by atoms with Crippen LogP contribution in [0.1, 0.15) is 26.3 Å². The van der Waals surface area contributed by atoms with Crippen LogP contribution >= 0.6 is 0 Å². The van der Waals surface area contributed by atoms with Crippen molar-refractivity contribution in [3.8, 4) is 0 Å². The molecule has 0 saturated carbocycles. The zero-order valence-electron chi connectivity index (χ0n) is 11.9. The Balaban J connectivity index is 2.90. The Bertz CT molecular complexity index is 407. The van der Waals surface area contributed by atoms with Gasteiger partial charge in [-0.15, -0.1) is 0 Å². The Kier molecular flexibility index (Phi) is 5.26. The van der Waals surface area contributed by atoms with Gasteiger partial charge in [-0.3, -0.25) is 0 Å². The Hall–Kier alpha value is -1.20. The molecule has 108 valence electrons. The molecule has 2 N–H and O–H groups in total. The molecular weight excluding hydrogens is 250 g/mol. The summed E-state index contributed by atoms with van der Waals surface area (Å²) in [5, 5.41) is 12.0. The van der Waals surface area contributed by atoms with E-state index in [-0.39, 0.29) is 24.4 Å². The number of aliphatic hydroxyl groups is 1. The van der Waals surface area contributed by atoms with Crippen LogP contribution in [0.3, 0.4) is 0 Å². The standard InChI is InChI=1S/C14H22F2N2O/c1-14(2,3)17-9-10-7-11(15)13(12(16)8-10)18(4)5-6-19/h7-8,17,19H,5-6,9H2,1-4H3. The van der Waals surface area contributed by atoms with Crippen molar-refractivity contribution < 1.29 is 13.9 Å². The molecule has 0 bridgehead atoms. The third-order valence-corrected chi connectivity index (χ3v) is 2.72. The molecule has 1 aromatic carbocycles. The van der Waals surface area contributed by atoms with Crippen molar-refractivity contribution in [2.75, 3.05) is 25.1 Å². The van der Waals surface area contributed by atoms with E-state index >= 15 is 0 Å². The van der Waals surface area contributed by atoms with Crippen LogP contribution in [0.2, 0.25) is 0 Å². The summed E-state index contributed by atoms with van der Waals surface area (Å²) in [6.45, 7) is 6.41. The van der Waals surface area contributed by atoms with Crippen molar-refractivity contribution in [1.82, 2.24) is 5.32 Å². The first-order valence-corrected chi connectivity index (χ1v) is 6.29. The van der Waals surface area contributed by atoms with Gasteiger partial charge in [0.25, 0.3) is 0 Å². The third kappa shape index (κ3) is 4.76. The second-order valence-corrected chi connectivity index (χ2v) is 5.66. The number of nitrogens with zero attached hydrogens (tertiary/aromatic N) is 1. The van der Waals surface area contributed by atoms with Crippen molar-refractivity contribution in [1.29, 1.82) is 0 Å². The number of benzene rings is 1. The molecule has 0 fully saturated rings. The molecule has 0 atom stereocenters. The second-order valence-electron chi connectivity index (χ2n) is 5.66. The predicted octanol–water partition coefficient (Wildman–Crippen LogP) is 2.28. The lowest BCUT2D eigenvalue weighted by atomic mass is 10.1. The number of rotatable bonds is 5. The highest BCUT2D eigenvalue weighted by Gasteiger charge is 2.16. The van der Waals surface area contributed by atoms with Gasteiger partial charge < -0.3 is 15.3 Å². The molecule has 0 amide bonds. The van der Waals surface area contributed by atoms with Crippen LogP contribution in [0.25, 0.3) is 0 Å². The molecule has 0 aliphatic carbocycles. The Morgan fingerprint density at radius 1 is 1.21 bits per heavy atom. The van der Waals surface area contributed by atoms with Gasteiger partial charge >= 0.3 is 0 Å². The number of hydrogen-bond acceptors (Lipinski definition) is 3. The van der Waals surface area contributed by atoms with Gasteiger partial charge in [0.05, 0.1) is 6.61 Å². The molecular formula is C14H22F2N2O. The average Bonchev–Trinajstić information content (AvgIpc) is 2.25. The summed E-state index contributed by atoms with van der Waals surface area (Å²) in [5.74, 6) is -1.22. The highest BCUT2D eigenvalue weighted by Crippen LogP contribution is 2.24. The molecule has 0 aliphatic rings. The quantitative estimate of drug-likeness (QED) is 0.863. The van der Waals surface area contributed by atoms with Gasteiger partial charge in [0.2, 0.25) is 0 Å². The molecule has 5 heteroatoms. The van der Waals surface area contributed by atoms with E-state index < -0.39 is 11.6 Å². The largest absolute Gasteiger partial charge is 0.395 e. The molecule has 19 heavy (non-hydrogen) atoms. The fourth-order valence-electron chi connectivity index (χ4n) is 1.71. The van der Waals surface area contributed by atoms with E-state index in [2.05, 4.69) is 5.32 Å². The van der Waals surface area contributed by atoms with Gasteiger partial charge in [0, 0.05) is 25.7 Å². The van der Waals surface area contributed by atoms with Gasteiger partial charge in [-0.25, -0.2) is 8.78 Å². The number of halogens is 2. The van der Waals surface area contributed by atoms with E-state index in [4.69, 9.17) is 5.11 Å². The van der Waals surface area contributed by atoms with Crippen molar-refractivity contribution in [3.05, 3.63) is 29.3 Å². The van der Waals surface area contributed by atoms with Crippen molar-refractivity contribution in [2.24, 2.45) is 0 Å². The van der Waals surface area contributed by atoms with Gasteiger partial charge in [-0.1, -0.05) is 0 Å². The monoisotopic (exact) mass is 272 g/mol. The minimum Gasteiger partial charge on any atom is -0.395 e. The topological polar surface area (TPSA) is 35.5 Å². The van der Waals surface area contributed by atoms with Gasteiger partial charge in [-0.05, 0) is 38.5 Å². The van der Waals surface area contributed by atoms with E-state index in [0.717, 1.165) is 0 Å². The Morgan fingerprint density at radius 3 is 2.16 bits per heavy atom. The van der Waals surface area contributed by atoms with Crippen LogP contribution in [0.4, 0.5) is 14.5 Å². The van der Waals surface area contributed by atoms with Crippen LogP contribution in [-0.4, -0.2) is 30.8 Å². The third-order valence-electron chi connectivity index (χ3n) is 2.72. The molecule has 0 aliphatic heterocycles. The van der Waals surface area contributed by atoms with E-state index in [1.807, 2.05) is 20.8 Å². The Labute approximate surface area is 113 Å². The number of anilines is 1. The smallest absolute Gasteiger partial charge is 0.149 e. The first kappa shape index (κ1) is 15.9. The summed E-state index contributed by atoms with van der Waals surface area (Å²) >= 11 is 0. The highest BCUT2D eigenvalue weighted by molar-refractivity contribution is 5.50. The number of likely N-dealkylation sites (N-methyl/N-ethyl adjacent to an activating group) is 1. The summed E-state index contributed by atoms with van der Waals surface area (Å²) in [4.78, 5) is 1.37. The Morgan fingerprint density at radius 2 is 1.74 bits per heavy atom. The fourth-order valence-corrected chi connectivity index (χ4v) is 1.71. The number of nitrogens with one attached hydrogen (secondary N) is 1. The molecule has 0 heterocycles. The van der Waals surface area contributed by atoms with Crippen LogP contribution in [0.5, 0.6) is 0 Å². The highest BCUT2D eigenvalue weighted by atomic mass is 19.1. The molecule has 3 nitrogen and oxygen atoms in total. The lowest BCUT2D eigenvalue weighted by Gasteiger charge is -2.22. The molecule has 1 rings (SSSR count). The maximum atomic E-state index is 13.9. The fraction of sp³-hybridized carbons (Fsp3) is 0.571. The summed E-state index contributed by atoms with van der Waals surface area (Å²) in [7, 11) is 1.55. The molecule has 0 radical (unpaired) electrons. The summed E-state index contributed by atoms with van der Waals surface area (Å²) in [6, 6.07) is 2.65. The van der Waals surface area contributed by atoms with Gasteiger partial charge in [0.15, 0.2) is 0 Å². The summed E-state index contributed by atoms with van der Waals surface area (Å²) < 4.78 is 27.8. The molecule has 0 unspecified atom stereocenters. The first-order valence-electron chi connectivity index (χ1n) is 6.29. The first-order chi connectivity index (χ1) is 8.74. The van der Waals surface area contributed by atoms with Crippen LogP contribution in [-0.2, 0) is 6.54 Å². The SMILES string of the molecule is CN(CCO)c1c(F)cc(CNC(C)(C)C)cc1F. The van der Waals surface area contributed by atoms with E-state index in [1.54, 1.807) is 7.05 Å². The van der Waals surface area contributed by atoms with Gasteiger partial charge in [-0.2, -0.15) is 0 Å². The maximum absolute atomic E-state index is 13.9. The van der Waals surface area contributed by atoms with E-state index in [1.165, 1.54) is 17.0 Å². The van der Waals surface area contributed by atoms with E-state index in [0.29, 0.717) is 12.1 Å². The van der Waals surface area contributed by atoms with Crippen molar-refractivity contribution in [2.45, 2.75) is 32.9 Å². The minimum atomic E-state index is -0.610. The number of hydrogen-bond donors (Lipinski definition) is 2. The summed E-state index contributed by atoms with van der Waals surface area (Å²) in [5.41, 5.74) is 0.346. The molecule has 0 spiro atoms. The normalized spacial score (nSPS) is 11.7. The average molecular weight is 272 g/mol. The van der Waals surface area contributed by atoms with Crippen LogP contribution in [0, 0.1) is 11.6 Å².